The van der Waals surface area contributed by atoms with Crippen molar-refractivity contribution in [3.63, 3.8) is 0 Å². The van der Waals surface area contributed by atoms with E-state index in [2.05, 4.69) is 9.97 Å². The SMILES string of the molecule is C/C=C/C(=O)N1CCC(Oc2ncc(Cl)cn2)C1. The number of hydrogen-bond acceptors (Lipinski definition) is 4. The van der Waals surface area contributed by atoms with Crippen LogP contribution in [0, 0.1) is 0 Å². The summed E-state index contributed by atoms with van der Waals surface area (Å²) in [4.78, 5) is 21.3. The van der Waals surface area contributed by atoms with E-state index < -0.39 is 0 Å². The number of likely N-dealkylation sites (tertiary alicyclic amines) is 1. The molecule has 96 valence electrons. The summed E-state index contributed by atoms with van der Waals surface area (Å²) < 4.78 is 5.59. The van der Waals surface area contributed by atoms with Gasteiger partial charge in [0.25, 0.3) is 0 Å². The lowest BCUT2D eigenvalue weighted by molar-refractivity contribution is -0.125. The van der Waals surface area contributed by atoms with Gasteiger partial charge in [-0.2, -0.15) is 0 Å². The zero-order valence-electron chi connectivity index (χ0n) is 10.0. The molecule has 0 aliphatic carbocycles. The zero-order chi connectivity index (χ0) is 13.0. The van der Waals surface area contributed by atoms with Crippen molar-refractivity contribution in [3.8, 4) is 6.01 Å². The molecule has 0 spiro atoms. The van der Waals surface area contributed by atoms with Gasteiger partial charge < -0.3 is 9.64 Å². The molecule has 1 aliphatic rings. The molecule has 1 atom stereocenters. The van der Waals surface area contributed by atoms with Crippen LogP contribution in [0.5, 0.6) is 6.01 Å². The Morgan fingerprint density at radius 2 is 2.28 bits per heavy atom. The molecule has 0 N–H and O–H groups in total. The summed E-state index contributed by atoms with van der Waals surface area (Å²) in [6.45, 7) is 3.08. The molecular formula is C12H14ClN3O2. The van der Waals surface area contributed by atoms with Gasteiger partial charge in [-0.3, -0.25) is 4.79 Å². The van der Waals surface area contributed by atoms with E-state index in [1.54, 1.807) is 17.1 Å². The fourth-order valence-electron chi connectivity index (χ4n) is 1.78. The zero-order valence-corrected chi connectivity index (χ0v) is 10.8. The van der Waals surface area contributed by atoms with Gasteiger partial charge in [0.2, 0.25) is 5.91 Å². The highest BCUT2D eigenvalue weighted by Crippen LogP contribution is 2.16. The van der Waals surface area contributed by atoms with Crippen molar-refractivity contribution in [1.29, 1.82) is 0 Å². The van der Waals surface area contributed by atoms with Crippen molar-refractivity contribution in [3.05, 3.63) is 29.6 Å². The average Bonchev–Trinajstić information content (AvgIpc) is 2.81. The molecule has 1 aromatic heterocycles. The largest absolute Gasteiger partial charge is 0.458 e. The maximum absolute atomic E-state index is 11.6. The number of halogens is 1. The minimum Gasteiger partial charge on any atom is -0.458 e. The minimum absolute atomic E-state index is 0.0145. The van der Waals surface area contributed by atoms with Gasteiger partial charge in [-0.15, -0.1) is 0 Å². The predicted molar refractivity (Wildman–Crippen MR) is 67.5 cm³/mol. The summed E-state index contributed by atoms with van der Waals surface area (Å²) in [6.07, 6.45) is 7.00. The Bertz CT molecular complexity index is 447. The number of amides is 1. The van der Waals surface area contributed by atoms with Gasteiger partial charge in [-0.05, 0) is 13.0 Å². The lowest BCUT2D eigenvalue weighted by atomic mass is 10.3. The number of allylic oxidation sites excluding steroid dienone is 1. The van der Waals surface area contributed by atoms with E-state index in [4.69, 9.17) is 16.3 Å². The Balaban J connectivity index is 1.89. The van der Waals surface area contributed by atoms with Gasteiger partial charge in [-0.1, -0.05) is 17.7 Å². The quantitative estimate of drug-likeness (QED) is 0.782. The summed E-state index contributed by atoms with van der Waals surface area (Å²) in [5.41, 5.74) is 0. The van der Waals surface area contributed by atoms with Crippen LogP contribution in [0.3, 0.4) is 0 Å². The molecule has 0 saturated carbocycles. The number of carbonyl (C=O) groups is 1. The maximum Gasteiger partial charge on any atom is 0.316 e. The van der Waals surface area contributed by atoms with E-state index in [1.165, 1.54) is 12.4 Å². The number of hydrogen-bond donors (Lipinski definition) is 0. The molecule has 6 heteroatoms. The first-order chi connectivity index (χ1) is 8.69. The second-order valence-corrected chi connectivity index (χ2v) is 4.43. The molecule has 1 unspecified atom stereocenters. The Labute approximate surface area is 110 Å². The summed E-state index contributed by atoms with van der Waals surface area (Å²) in [6, 6.07) is 0.296. The monoisotopic (exact) mass is 267 g/mol. The molecule has 2 heterocycles. The molecule has 0 bridgehead atoms. The molecule has 1 amide bonds. The maximum atomic E-state index is 11.6. The molecule has 0 aromatic carbocycles. The number of rotatable bonds is 3. The number of aromatic nitrogens is 2. The fourth-order valence-corrected chi connectivity index (χ4v) is 1.88. The molecular weight excluding hydrogens is 254 g/mol. The topological polar surface area (TPSA) is 55.3 Å². The summed E-state index contributed by atoms with van der Waals surface area (Å²) in [5.74, 6) is 0.0145. The van der Waals surface area contributed by atoms with Crippen LogP contribution in [0.1, 0.15) is 13.3 Å². The van der Waals surface area contributed by atoms with E-state index in [0.29, 0.717) is 24.1 Å². The van der Waals surface area contributed by atoms with Crippen molar-refractivity contribution in [2.75, 3.05) is 13.1 Å². The van der Waals surface area contributed by atoms with Crippen molar-refractivity contribution in [1.82, 2.24) is 14.9 Å². The Morgan fingerprint density at radius 3 is 2.94 bits per heavy atom. The second kappa shape index (κ2) is 5.82. The highest BCUT2D eigenvalue weighted by atomic mass is 35.5. The van der Waals surface area contributed by atoms with Crippen molar-refractivity contribution in [2.24, 2.45) is 0 Å². The van der Waals surface area contributed by atoms with Crippen LogP contribution in [-0.2, 0) is 4.79 Å². The van der Waals surface area contributed by atoms with E-state index in [0.717, 1.165) is 6.42 Å². The second-order valence-electron chi connectivity index (χ2n) is 4.00. The minimum atomic E-state index is -0.0552. The van der Waals surface area contributed by atoms with E-state index in [-0.39, 0.29) is 12.0 Å². The smallest absolute Gasteiger partial charge is 0.316 e. The third kappa shape index (κ3) is 3.20. The molecule has 1 aromatic rings. The third-order valence-corrected chi connectivity index (χ3v) is 2.83. The highest BCUT2D eigenvalue weighted by molar-refractivity contribution is 6.30. The van der Waals surface area contributed by atoms with E-state index >= 15 is 0 Å². The van der Waals surface area contributed by atoms with Crippen LogP contribution < -0.4 is 4.74 Å². The van der Waals surface area contributed by atoms with Crippen molar-refractivity contribution >= 4 is 17.5 Å². The van der Waals surface area contributed by atoms with Crippen LogP contribution in [0.2, 0.25) is 5.02 Å². The summed E-state index contributed by atoms with van der Waals surface area (Å²) >= 11 is 5.69. The van der Waals surface area contributed by atoms with E-state index in [9.17, 15) is 4.79 Å². The average molecular weight is 268 g/mol. The lowest BCUT2D eigenvalue weighted by Gasteiger charge is -2.14. The predicted octanol–water partition coefficient (Wildman–Crippen LogP) is 1.69. The van der Waals surface area contributed by atoms with Gasteiger partial charge in [0.05, 0.1) is 24.0 Å². The number of ether oxygens (including phenoxy) is 1. The van der Waals surface area contributed by atoms with Crippen LogP contribution in [0.15, 0.2) is 24.5 Å². The van der Waals surface area contributed by atoms with Crippen LogP contribution in [-0.4, -0.2) is 40.0 Å². The Morgan fingerprint density at radius 1 is 1.56 bits per heavy atom. The molecule has 5 nitrogen and oxygen atoms in total. The number of carbonyl (C=O) groups excluding carboxylic acids is 1. The van der Waals surface area contributed by atoms with Crippen molar-refractivity contribution < 1.29 is 9.53 Å². The molecule has 2 rings (SSSR count). The highest BCUT2D eigenvalue weighted by Gasteiger charge is 2.26. The first-order valence-corrected chi connectivity index (χ1v) is 6.12. The van der Waals surface area contributed by atoms with Crippen molar-refractivity contribution in [2.45, 2.75) is 19.4 Å². The normalized spacial score (nSPS) is 19.4. The third-order valence-electron chi connectivity index (χ3n) is 2.63. The standard InChI is InChI=1S/C12H14ClN3O2/c1-2-3-11(17)16-5-4-10(8-16)18-12-14-6-9(13)7-15-12/h2-3,6-7,10H,4-5,8H2,1H3/b3-2+. The lowest BCUT2D eigenvalue weighted by Crippen LogP contribution is -2.29. The Hall–Kier alpha value is -1.62. The summed E-state index contributed by atoms with van der Waals surface area (Å²) in [5, 5.41) is 0.471. The molecule has 1 aliphatic heterocycles. The fraction of sp³-hybridized carbons (Fsp3) is 0.417. The van der Waals surface area contributed by atoms with E-state index in [1.807, 2.05) is 6.92 Å². The van der Waals surface area contributed by atoms with Gasteiger partial charge in [0.15, 0.2) is 0 Å². The molecule has 1 fully saturated rings. The molecule has 18 heavy (non-hydrogen) atoms. The molecule has 0 radical (unpaired) electrons. The van der Waals surface area contributed by atoms with Crippen LogP contribution >= 0.6 is 11.6 Å². The first kappa shape index (κ1) is 12.8. The first-order valence-electron chi connectivity index (χ1n) is 5.75. The Kier molecular flexibility index (Phi) is 4.15. The summed E-state index contributed by atoms with van der Waals surface area (Å²) in [7, 11) is 0. The van der Waals surface area contributed by atoms with Crippen LogP contribution in [0.4, 0.5) is 0 Å². The van der Waals surface area contributed by atoms with Gasteiger partial charge >= 0.3 is 6.01 Å². The van der Waals surface area contributed by atoms with Gasteiger partial charge in [0, 0.05) is 13.0 Å². The van der Waals surface area contributed by atoms with Gasteiger partial charge in [0.1, 0.15) is 6.10 Å². The molecule has 1 saturated heterocycles. The van der Waals surface area contributed by atoms with Crippen LogP contribution in [0.25, 0.3) is 0 Å². The van der Waals surface area contributed by atoms with Gasteiger partial charge in [-0.25, -0.2) is 9.97 Å². The number of nitrogens with zero attached hydrogens (tertiary/aromatic N) is 3.